The van der Waals surface area contributed by atoms with Gasteiger partial charge in [-0.05, 0) is 82.0 Å². The van der Waals surface area contributed by atoms with Gasteiger partial charge in [-0.15, -0.1) is 0 Å². The van der Waals surface area contributed by atoms with E-state index in [2.05, 4.69) is 40.0 Å². The normalized spacial score (nSPS) is 16.6. The molecule has 2 heterocycles. The fourth-order valence-corrected chi connectivity index (χ4v) is 5.30. The fraction of sp³-hybridized carbons (Fsp3) is 0.281. The number of piperidine rings is 1. The van der Waals surface area contributed by atoms with Gasteiger partial charge in [0, 0.05) is 29.4 Å². The molecule has 0 bridgehead atoms. The van der Waals surface area contributed by atoms with E-state index in [4.69, 9.17) is 4.84 Å². The molecular formula is C32H35N5O5. The summed E-state index contributed by atoms with van der Waals surface area (Å²) in [5.41, 5.74) is 6.50. The van der Waals surface area contributed by atoms with Gasteiger partial charge < -0.3 is 25.5 Å². The van der Waals surface area contributed by atoms with Crippen LogP contribution in [0.25, 0.3) is 11.3 Å². The Balaban J connectivity index is 1.24. The lowest BCUT2D eigenvalue weighted by Gasteiger charge is -2.34. The molecule has 1 saturated heterocycles. The van der Waals surface area contributed by atoms with Crippen LogP contribution in [-0.4, -0.2) is 79.1 Å². The number of carboxylic acids is 1. The SMILES string of the molecule is CN(C)C1CCN(CCONC(=O)c2ccc(N/C(=C3/C(=O)Nc4cc(C(=O)O)ccc43)c3ccccc3)cc2)CC1. The van der Waals surface area contributed by atoms with Crippen molar-refractivity contribution in [2.75, 3.05) is 51.0 Å². The number of hydrogen-bond donors (Lipinski definition) is 4. The molecule has 1 fully saturated rings. The molecule has 0 saturated carbocycles. The molecular weight excluding hydrogens is 534 g/mol. The van der Waals surface area contributed by atoms with Crippen molar-refractivity contribution < 1.29 is 24.3 Å². The van der Waals surface area contributed by atoms with Gasteiger partial charge in [-0.1, -0.05) is 36.4 Å². The average molecular weight is 570 g/mol. The summed E-state index contributed by atoms with van der Waals surface area (Å²) in [4.78, 5) is 47.3. The van der Waals surface area contributed by atoms with Gasteiger partial charge >= 0.3 is 5.97 Å². The van der Waals surface area contributed by atoms with E-state index in [-0.39, 0.29) is 17.4 Å². The Labute approximate surface area is 244 Å². The summed E-state index contributed by atoms with van der Waals surface area (Å²) < 4.78 is 0. The number of benzene rings is 3. The molecule has 0 spiro atoms. The predicted molar refractivity (Wildman–Crippen MR) is 162 cm³/mol. The predicted octanol–water partition coefficient (Wildman–Crippen LogP) is 4.00. The molecule has 0 aliphatic carbocycles. The maximum Gasteiger partial charge on any atom is 0.335 e. The van der Waals surface area contributed by atoms with Crippen LogP contribution in [0, 0.1) is 0 Å². The van der Waals surface area contributed by atoms with E-state index < -0.39 is 5.97 Å². The number of rotatable bonds is 10. The summed E-state index contributed by atoms with van der Waals surface area (Å²) in [6, 6.07) is 21.5. The van der Waals surface area contributed by atoms with E-state index in [1.807, 2.05) is 30.3 Å². The topological polar surface area (TPSA) is 123 Å². The summed E-state index contributed by atoms with van der Waals surface area (Å²) in [7, 11) is 4.24. The number of hydroxylamine groups is 1. The molecule has 3 aromatic rings. The third-order valence-corrected chi connectivity index (χ3v) is 7.70. The molecule has 10 heteroatoms. The Morgan fingerprint density at radius 1 is 0.976 bits per heavy atom. The Morgan fingerprint density at radius 3 is 2.33 bits per heavy atom. The molecule has 2 aliphatic heterocycles. The van der Waals surface area contributed by atoms with Crippen molar-refractivity contribution in [1.82, 2.24) is 15.3 Å². The number of nitrogens with one attached hydrogen (secondary N) is 3. The number of hydrogen-bond acceptors (Lipinski definition) is 7. The summed E-state index contributed by atoms with van der Waals surface area (Å²) in [5, 5.41) is 15.5. The number of aromatic carboxylic acids is 1. The number of carboxylic acid groups (broad SMARTS) is 1. The summed E-state index contributed by atoms with van der Waals surface area (Å²) >= 11 is 0. The number of carbonyl (C=O) groups excluding carboxylic acids is 2. The molecule has 218 valence electrons. The Bertz CT molecular complexity index is 1480. The molecule has 0 aromatic heterocycles. The van der Waals surface area contributed by atoms with Crippen LogP contribution in [0.15, 0.2) is 72.8 Å². The molecule has 10 nitrogen and oxygen atoms in total. The van der Waals surface area contributed by atoms with E-state index in [9.17, 15) is 19.5 Å². The van der Waals surface area contributed by atoms with Gasteiger partial charge in [0.2, 0.25) is 0 Å². The van der Waals surface area contributed by atoms with Crippen LogP contribution in [0.2, 0.25) is 0 Å². The second kappa shape index (κ2) is 13.0. The second-order valence-electron chi connectivity index (χ2n) is 10.7. The number of likely N-dealkylation sites (tertiary alicyclic amines) is 1. The quantitative estimate of drug-likeness (QED) is 0.164. The highest BCUT2D eigenvalue weighted by atomic mass is 16.7. The average Bonchev–Trinajstić information content (AvgIpc) is 3.33. The van der Waals surface area contributed by atoms with Crippen LogP contribution >= 0.6 is 0 Å². The maximum atomic E-state index is 13.1. The second-order valence-corrected chi connectivity index (χ2v) is 10.7. The van der Waals surface area contributed by atoms with Crippen LogP contribution < -0.4 is 16.1 Å². The van der Waals surface area contributed by atoms with Crippen LogP contribution in [0.1, 0.15) is 44.7 Å². The van der Waals surface area contributed by atoms with Gasteiger partial charge in [-0.2, -0.15) is 0 Å². The highest BCUT2D eigenvalue weighted by Gasteiger charge is 2.29. The van der Waals surface area contributed by atoms with Crippen LogP contribution in [0.4, 0.5) is 11.4 Å². The lowest BCUT2D eigenvalue weighted by Crippen LogP contribution is -2.43. The van der Waals surface area contributed by atoms with Crippen molar-refractivity contribution in [2.24, 2.45) is 0 Å². The van der Waals surface area contributed by atoms with E-state index >= 15 is 0 Å². The number of fused-ring (bicyclic) bond motifs is 1. The minimum Gasteiger partial charge on any atom is -0.478 e. The van der Waals surface area contributed by atoms with Crippen LogP contribution in [-0.2, 0) is 9.63 Å². The largest absolute Gasteiger partial charge is 0.478 e. The zero-order valence-electron chi connectivity index (χ0n) is 23.7. The summed E-state index contributed by atoms with van der Waals surface area (Å²) in [6.07, 6.45) is 2.26. The van der Waals surface area contributed by atoms with Gasteiger partial charge in [0.25, 0.3) is 11.8 Å². The Hall–Kier alpha value is -4.51. The van der Waals surface area contributed by atoms with Crippen LogP contribution in [0.3, 0.4) is 0 Å². The standard InChI is InChI=1S/C32H35N5O5/c1-36(2)25-14-16-37(17-15-25)18-19-42-35-30(38)22-8-11-24(12-9-22)33-29(21-6-4-3-5-7-21)28-26-13-10-23(32(40)41)20-27(26)34-31(28)39/h3-13,20,25,33H,14-19H2,1-2H3,(H,34,39)(H,35,38)(H,40,41)/b29-28+. The lowest BCUT2D eigenvalue weighted by molar-refractivity contribution is -0.110. The van der Waals surface area contributed by atoms with E-state index in [0.717, 1.165) is 38.0 Å². The minimum atomic E-state index is -1.07. The molecule has 5 rings (SSSR count). The van der Waals surface area contributed by atoms with Gasteiger partial charge in [-0.25, -0.2) is 10.3 Å². The Kier molecular flexibility index (Phi) is 8.97. The van der Waals surface area contributed by atoms with Gasteiger partial charge in [0.05, 0.1) is 29.1 Å². The number of anilines is 2. The number of carbonyl (C=O) groups is 3. The number of amides is 2. The first-order valence-corrected chi connectivity index (χ1v) is 14.0. The molecule has 0 unspecified atom stereocenters. The van der Waals surface area contributed by atoms with Crippen molar-refractivity contribution >= 4 is 40.4 Å². The van der Waals surface area contributed by atoms with Gasteiger partial charge in [0.15, 0.2) is 0 Å². The molecule has 2 amide bonds. The number of nitrogens with zero attached hydrogens (tertiary/aromatic N) is 2. The molecule has 0 radical (unpaired) electrons. The highest BCUT2D eigenvalue weighted by Crippen LogP contribution is 2.38. The first kappa shape index (κ1) is 29.0. The van der Waals surface area contributed by atoms with Crippen molar-refractivity contribution in [2.45, 2.75) is 18.9 Å². The lowest BCUT2D eigenvalue weighted by atomic mass is 9.99. The van der Waals surface area contributed by atoms with Crippen molar-refractivity contribution in [3.63, 3.8) is 0 Å². The molecule has 4 N–H and O–H groups in total. The molecule has 42 heavy (non-hydrogen) atoms. The van der Waals surface area contributed by atoms with Crippen LogP contribution in [0.5, 0.6) is 0 Å². The summed E-state index contributed by atoms with van der Waals surface area (Å²) in [5.74, 6) is -1.75. The van der Waals surface area contributed by atoms with Gasteiger partial charge in [0.1, 0.15) is 0 Å². The monoisotopic (exact) mass is 569 g/mol. The van der Waals surface area contributed by atoms with E-state index in [1.54, 1.807) is 30.3 Å². The zero-order chi connectivity index (χ0) is 29.6. The Morgan fingerprint density at radius 2 is 1.67 bits per heavy atom. The van der Waals surface area contributed by atoms with E-state index in [0.29, 0.717) is 46.4 Å². The van der Waals surface area contributed by atoms with Crippen molar-refractivity contribution in [1.29, 1.82) is 0 Å². The minimum absolute atomic E-state index is 0.0898. The van der Waals surface area contributed by atoms with Crippen molar-refractivity contribution in [3.05, 3.63) is 95.1 Å². The first-order valence-electron chi connectivity index (χ1n) is 14.0. The first-order chi connectivity index (χ1) is 20.3. The third kappa shape index (κ3) is 6.68. The van der Waals surface area contributed by atoms with E-state index in [1.165, 1.54) is 12.1 Å². The third-order valence-electron chi connectivity index (χ3n) is 7.70. The molecule has 2 aliphatic rings. The smallest absolute Gasteiger partial charge is 0.335 e. The molecule has 3 aromatic carbocycles. The van der Waals surface area contributed by atoms with Gasteiger partial charge in [-0.3, -0.25) is 14.4 Å². The fourth-order valence-electron chi connectivity index (χ4n) is 5.30. The highest BCUT2D eigenvalue weighted by molar-refractivity contribution is 6.37. The summed E-state index contributed by atoms with van der Waals surface area (Å²) in [6.45, 7) is 3.21. The molecule has 0 atom stereocenters. The maximum absolute atomic E-state index is 13.1. The zero-order valence-corrected chi connectivity index (χ0v) is 23.7. The van der Waals surface area contributed by atoms with Crippen molar-refractivity contribution in [3.8, 4) is 0 Å².